The number of benzene rings is 1. The van der Waals surface area contributed by atoms with Crippen LogP contribution in [0.3, 0.4) is 0 Å². The largest absolute Gasteiger partial charge is 0.496 e. The Morgan fingerprint density at radius 3 is 2.74 bits per heavy atom. The lowest BCUT2D eigenvalue weighted by molar-refractivity contribution is -0.122. The fourth-order valence-electron chi connectivity index (χ4n) is 3.02. The number of ether oxygens (including phenoxy) is 2. The molecule has 5 heteroatoms. The van der Waals surface area contributed by atoms with Crippen molar-refractivity contribution in [3.05, 3.63) is 30.0 Å². The number of hydrogen-bond donors (Lipinski definition) is 1. The minimum atomic E-state index is 0.0156. The van der Waals surface area contributed by atoms with E-state index in [1.807, 2.05) is 26.0 Å². The van der Waals surface area contributed by atoms with E-state index >= 15 is 0 Å². The highest BCUT2D eigenvalue weighted by Gasteiger charge is 2.36. The van der Waals surface area contributed by atoms with Crippen molar-refractivity contribution >= 4 is 16.7 Å². The number of rotatable bonds is 4. The van der Waals surface area contributed by atoms with Crippen LogP contribution in [0.1, 0.15) is 19.4 Å². The molecule has 0 bridgehead atoms. The lowest BCUT2D eigenvalue weighted by atomic mass is 9.94. The van der Waals surface area contributed by atoms with Crippen LogP contribution in [-0.2, 0) is 4.79 Å². The van der Waals surface area contributed by atoms with E-state index in [9.17, 15) is 4.79 Å². The van der Waals surface area contributed by atoms with Gasteiger partial charge in [0.05, 0.1) is 13.2 Å². The molecule has 0 radical (unpaired) electrons. The summed E-state index contributed by atoms with van der Waals surface area (Å²) >= 11 is 0. The van der Waals surface area contributed by atoms with Crippen LogP contribution in [-0.4, -0.2) is 30.6 Å². The number of fused-ring (bicyclic) bond motifs is 1. The second kappa shape index (κ2) is 6.07. The SMILES string of the molecule is COc1cc2c(OCC3NC(=O)C(C)C3C)nccc2cc1C. The Morgan fingerprint density at radius 2 is 2.09 bits per heavy atom. The number of hydrogen-bond acceptors (Lipinski definition) is 4. The number of nitrogens with one attached hydrogen (secondary N) is 1. The Labute approximate surface area is 136 Å². The average molecular weight is 314 g/mol. The first kappa shape index (κ1) is 15.6. The fourth-order valence-corrected chi connectivity index (χ4v) is 3.02. The van der Waals surface area contributed by atoms with Gasteiger partial charge in [0.1, 0.15) is 12.4 Å². The van der Waals surface area contributed by atoms with Gasteiger partial charge < -0.3 is 14.8 Å². The predicted molar refractivity (Wildman–Crippen MR) is 88.8 cm³/mol. The molecule has 1 fully saturated rings. The van der Waals surface area contributed by atoms with Crippen LogP contribution in [0.25, 0.3) is 10.8 Å². The number of carbonyl (C=O) groups excluding carboxylic acids is 1. The van der Waals surface area contributed by atoms with Gasteiger partial charge in [-0.2, -0.15) is 0 Å². The van der Waals surface area contributed by atoms with E-state index in [4.69, 9.17) is 9.47 Å². The molecule has 1 aliphatic rings. The Hall–Kier alpha value is -2.30. The van der Waals surface area contributed by atoms with Gasteiger partial charge in [0, 0.05) is 17.5 Å². The molecule has 1 amide bonds. The molecule has 5 nitrogen and oxygen atoms in total. The molecule has 1 aromatic carbocycles. The van der Waals surface area contributed by atoms with Crippen molar-refractivity contribution in [3.63, 3.8) is 0 Å². The summed E-state index contributed by atoms with van der Waals surface area (Å²) in [5, 5.41) is 4.96. The Morgan fingerprint density at radius 1 is 1.30 bits per heavy atom. The van der Waals surface area contributed by atoms with Crippen molar-refractivity contribution in [2.75, 3.05) is 13.7 Å². The van der Waals surface area contributed by atoms with Crippen molar-refractivity contribution in [3.8, 4) is 11.6 Å². The quantitative estimate of drug-likeness (QED) is 0.942. The van der Waals surface area contributed by atoms with E-state index < -0.39 is 0 Å². The van der Waals surface area contributed by atoms with E-state index in [0.717, 1.165) is 22.1 Å². The zero-order valence-electron chi connectivity index (χ0n) is 13.9. The van der Waals surface area contributed by atoms with Gasteiger partial charge in [-0.3, -0.25) is 4.79 Å². The zero-order chi connectivity index (χ0) is 16.6. The molecule has 1 saturated heterocycles. The highest BCUT2D eigenvalue weighted by atomic mass is 16.5. The molecule has 3 rings (SSSR count). The highest BCUT2D eigenvalue weighted by Crippen LogP contribution is 2.31. The van der Waals surface area contributed by atoms with Crippen LogP contribution in [0, 0.1) is 18.8 Å². The van der Waals surface area contributed by atoms with Crippen molar-refractivity contribution in [2.45, 2.75) is 26.8 Å². The van der Waals surface area contributed by atoms with Gasteiger partial charge in [0.25, 0.3) is 0 Å². The third-order valence-electron chi connectivity index (χ3n) is 4.81. The predicted octanol–water partition coefficient (Wildman–Crippen LogP) is 2.70. The second-order valence-corrected chi connectivity index (χ2v) is 6.23. The Bertz CT molecular complexity index is 744. The van der Waals surface area contributed by atoms with E-state index in [-0.39, 0.29) is 23.8 Å². The highest BCUT2D eigenvalue weighted by molar-refractivity contribution is 5.89. The number of methoxy groups -OCH3 is 1. The van der Waals surface area contributed by atoms with Crippen LogP contribution >= 0.6 is 0 Å². The van der Waals surface area contributed by atoms with Crippen LogP contribution in [0.2, 0.25) is 0 Å². The summed E-state index contributed by atoms with van der Waals surface area (Å²) in [5.74, 6) is 1.74. The van der Waals surface area contributed by atoms with Gasteiger partial charge in [0.2, 0.25) is 11.8 Å². The molecule has 1 aliphatic heterocycles. The van der Waals surface area contributed by atoms with Crippen LogP contribution < -0.4 is 14.8 Å². The maximum Gasteiger partial charge on any atom is 0.223 e. The first-order valence-corrected chi connectivity index (χ1v) is 7.87. The van der Waals surface area contributed by atoms with Gasteiger partial charge in [-0.1, -0.05) is 13.8 Å². The molecule has 0 saturated carbocycles. The van der Waals surface area contributed by atoms with Gasteiger partial charge in [-0.15, -0.1) is 0 Å². The van der Waals surface area contributed by atoms with Gasteiger partial charge in [-0.25, -0.2) is 4.98 Å². The summed E-state index contributed by atoms with van der Waals surface area (Å²) in [6, 6.07) is 5.98. The standard InChI is InChI=1S/C18H22N2O3/c1-10-7-13-5-6-19-18(14(13)8-16(10)22-4)23-9-15-11(2)12(3)17(21)20-15/h5-8,11-12,15H,9H2,1-4H3,(H,20,21). The maximum atomic E-state index is 11.7. The molecule has 0 spiro atoms. The summed E-state index contributed by atoms with van der Waals surface area (Å²) in [6.45, 7) is 6.44. The van der Waals surface area contributed by atoms with Crippen molar-refractivity contribution in [1.29, 1.82) is 0 Å². The third-order valence-corrected chi connectivity index (χ3v) is 4.81. The lowest BCUT2D eigenvalue weighted by Gasteiger charge is -2.17. The molecule has 0 aliphatic carbocycles. The molecule has 3 atom stereocenters. The zero-order valence-corrected chi connectivity index (χ0v) is 13.9. The van der Waals surface area contributed by atoms with Crippen molar-refractivity contribution < 1.29 is 14.3 Å². The number of nitrogens with zero attached hydrogens (tertiary/aromatic N) is 1. The normalized spacial score (nSPS) is 23.8. The van der Waals surface area contributed by atoms with Crippen molar-refractivity contribution in [2.24, 2.45) is 11.8 Å². The van der Waals surface area contributed by atoms with Gasteiger partial charge in [-0.05, 0) is 42.0 Å². The molecule has 122 valence electrons. The number of amides is 1. The number of aryl methyl sites for hydroxylation is 1. The van der Waals surface area contributed by atoms with Crippen LogP contribution in [0.15, 0.2) is 24.4 Å². The van der Waals surface area contributed by atoms with E-state index in [1.54, 1.807) is 13.3 Å². The Kier molecular flexibility index (Phi) is 4.11. The number of carbonyl (C=O) groups is 1. The van der Waals surface area contributed by atoms with E-state index in [1.165, 1.54) is 0 Å². The third kappa shape index (κ3) is 2.83. The molecule has 23 heavy (non-hydrogen) atoms. The summed E-state index contributed by atoms with van der Waals surface area (Å²) in [6.07, 6.45) is 1.74. The topological polar surface area (TPSA) is 60.5 Å². The summed E-state index contributed by atoms with van der Waals surface area (Å²) in [5.41, 5.74) is 1.07. The average Bonchev–Trinajstić information content (AvgIpc) is 2.79. The molecule has 3 unspecified atom stereocenters. The fraction of sp³-hybridized carbons (Fsp3) is 0.444. The van der Waals surface area contributed by atoms with Gasteiger partial charge >= 0.3 is 0 Å². The number of pyridine rings is 1. The van der Waals surface area contributed by atoms with Crippen molar-refractivity contribution in [1.82, 2.24) is 10.3 Å². The van der Waals surface area contributed by atoms with Gasteiger partial charge in [0.15, 0.2) is 0 Å². The Balaban J connectivity index is 1.84. The minimum Gasteiger partial charge on any atom is -0.496 e. The molecular weight excluding hydrogens is 292 g/mol. The van der Waals surface area contributed by atoms with E-state index in [0.29, 0.717) is 12.5 Å². The van der Waals surface area contributed by atoms with Crippen LogP contribution in [0.4, 0.5) is 0 Å². The smallest absolute Gasteiger partial charge is 0.223 e. The van der Waals surface area contributed by atoms with Crippen LogP contribution in [0.5, 0.6) is 11.6 Å². The summed E-state index contributed by atoms with van der Waals surface area (Å²) in [7, 11) is 1.65. The van der Waals surface area contributed by atoms with E-state index in [2.05, 4.69) is 23.3 Å². The molecule has 2 heterocycles. The molecule has 2 aromatic rings. The maximum absolute atomic E-state index is 11.7. The first-order chi connectivity index (χ1) is 11.0. The molecular formula is C18H22N2O3. The lowest BCUT2D eigenvalue weighted by Crippen LogP contribution is -2.34. The second-order valence-electron chi connectivity index (χ2n) is 6.23. The number of aromatic nitrogens is 1. The molecule has 1 N–H and O–H groups in total. The molecule has 1 aromatic heterocycles. The summed E-state index contributed by atoms with van der Waals surface area (Å²) < 4.78 is 11.3. The minimum absolute atomic E-state index is 0.0156. The summed E-state index contributed by atoms with van der Waals surface area (Å²) in [4.78, 5) is 16.1. The first-order valence-electron chi connectivity index (χ1n) is 7.87. The monoisotopic (exact) mass is 314 g/mol.